The van der Waals surface area contributed by atoms with E-state index in [0.717, 1.165) is 12.0 Å². The van der Waals surface area contributed by atoms with Gasteiger partial charge in [0.2, 0.25) is 10.0 Å². The summed E-state index contributed by atoms with van der Waals surface area (Å²) in [5.74, 6) is 0. The van der Waals surface area contributed by atoms with Crippen molar-refractivity contribution in [2.24, 2.45) is 5.14 Å². The Hall–Kier alpha value is -0.870. The summed E-state index contributed by atoms with van der Waals surface area (Å²) >= 11 is 0. The van der Waals surface area contributed by atoms with Gasteiger partial charge < -0.3 is 0 Å². The van der Waals surface area contributed by atoms with Crippen LogP contribution in [-0.2, 0) is 22.9 Å². The Morgan fingerprint density at radius 3 is 2.50 bits per heavy atom. The molecular weight excluding hydrogens is 198 g/mol. The van der Waals surface area contributed by atoms with Crippen molar-refractivity contribution in [1.29, 1.82) is 0 Å². The van der Waals surface area contributed by atoms with E-state index in [2.05, 4.69) is 6.07 Å². The van der Waals surface area contributed by atoms with Crippen molar-refractivity contribution in [3.63, 3.8) is 0 Å². The summed E-state index contributed by atoms with van der Waals surface area (Å²) in [6, 6.07) is 7.95. The van der Waals surface area contributed by atoms with E-state index in [9.17, 15) is 8.42 Å². The van der Waals surface area contributed by atoms with Gasteiger partial charge in [0.1, 0.15) is 0 Å². The zero-order chi connectivity index (χ0) is 10.2. The fraction of sp³-hybridized carbons (Fsp3) is 0.400. The highest BCUT2D eigenvalue weighted by Crippen LogP contribution is 2.23. The van der Waals surface area contributed by atoms with E-state index in [4.69, 9.17) is 5.14 Å². The fourth-order valence-corrected chi connectivity index (χ4v) is 2.80. The minimum absolute atomic E-state index is 0.391. The standard InChI is InChI=1S/C10H13NO2S/c11-14(12,13)10-6-5-8-3-1-2-4-9(8)7-10/h1-4,10H,5-7H2,(H2,11,12,13)/t10-/m0/s1. The number of nitrogens with two attached hydrogens (primary N) is 1. The Morgan fingerprint density at radius 1 is 1.21 bits per heavy atom. The minimum Gasteiger partial charge on any atom is -0.228 e. The highest BCUT2D eigenvalue weighted by Gasteiger charge is 2.26. The number of hydrogen-bond donors (Lipinski definition) is 1. The summed E-state index contributed by atoms with van der Waals surface area (Å²) in [7, 11) is -3.37. The van der Waals surface area contributed by atoms with Gasteiger partial charge in [-0.2, -0.15) is 0 Å². The van der Waals surface area contributed by atoms with Crippen LogP contribution in [0.5, 0.6) is 0 Å². The third kappa shape index (κ3) is 1.81. The molecule has 0 saturated carbocycles. The summed E-state index contributed by atoms with van der Waals surface area (Å²) in [6.07, 6.45) is 2.03. The molecule has 0 aromatic heterocycles. The fourth-order valence-electron chi connectivity index (χ4n) is 1.94. The quantitative estimate of drug-likeness (QED) is 0.748. The van der Waals surface area contributed by atoms with Crippen molar-refractivity contribution >= 4 is 10.0 Å². The highest BCUT2D eigenvalue weighted by molar-refractivity contribution is 7.89. The highest BCUT2D eigenvalue weighted by atomic mass is 32.2. The lowest BCUT2D eigenvalue weighted by molar-refractivity contribution is 0.563. The van der Waals surface area contributed by atoms with Crippen molar-refractivity contribution in [2.75, 3.05) is 0 Å². The largest absolute Gasteiger partial charge is 0.228 e. The van der Waals surface area contributed by atoms with Crippen LogP contribution in [0.1, 0.15) is 17.5 Å². The molecule has 1 aliphatic rings. The monoisotopic (exact) mass is 211 g/mol. The lowest BCUT2D eigenvalue weighted by atomic mass is 9.92. The molecule has 0 spiro atoms. The third-order valence-corrected chi connectivity index (χ3v) is 4.10. The summed E-state index contributed by atoms with van der Waals surface area (Å²) in [6.45, 7) is 0. The average molecular weight is 211 g/mol. The molecule has 0 radical (unpaired) electrons. The van der Waals surface area contributed by atoms with Crippen LogP contribution in [0.4, 0.5) is 0 Å². The maximum absolute atomic E-state index is 11.2. The first-order valence-corrected chi connectivity index (χ1v) is 6.27. The molecule has 2 rings (SSSR count). The zero-order valence-corrected chi connectivity index (χ0v) is 8.63. The topological polar surface area (TPSA) is 60.2 Å². The lowest BCUT2D eigenvalue weighted by Crippen LogP contribution is -2.33. The molecule has 0 unspecified atom stereocenters. The van der Waals surface area contributed by atoms with Gasteiger partial charge in [-0.15, -0.1) is 0 Å². The second-order valence-corrected chi connectivity index (χ2v) is 5.57. The predicted molar refractivity (Wildman–Crippen MR) is 55.4 cm³/mol. The van der Waals surface area contributed by atoms with Crippen LogP contribution in [0.3, 0.4) is 0 Å². The number of sulfonamides is 1. The summed E-state index contributed by atoms with van der Waals surface area (Å²) in [4.78, 5) is 0. The van der Waals surface area contributed by atoms with Crippen LogP contribution in [0.25, 0.3) is 0 Å². The summed E-state index contributed by atoms with van der Waals surface area (Å²) < 4.78 is 22.3. The minimum atomic E-state index is -3.37. The number of rotatable bonds is 1. The van der Waals surface area contributed by atoms with E-state index in [0.29, 0.717) is 12.8 Å². The van der Waals surface area contributed by atoms with Crippen molar-refractivity contribution in [3.05, 3.63) is 35.4 Å². The van der Waals surface area contributed by atoms with E-state index < -0.39 is 15.3 Å². The Labute approximate surface area is 84.0 Å². The van der Waals surface area contributed by atoms with Crippen LogP contribution >= 0.6 is 0 Å². The number of hydrogen-bond acceptors (Lipinski definition) is 2. The Kier molecular flexibility index (Phi) is 2.33. The first-order chi connectivity index (χ1) is 6.57. The molecule has 1 aromatic carbocycles. The molecule has 0 amide bonds. The molecule has 2 N–H and O–H groups in total. The molecule has 4 heteroatoms. The zero-order valence-electron chi connectivity index (χ0n) is 7.81. The van der Waals surface area contributed by atoms with Crippen LogP contribution in [-0.4, -0.2) is 13.7 Å². The number of benzene rings is 1. The molecule has 0 heterocycles. The van der Waals surface area contributed by atoms with Gasteiger partial charge in [-0.25, -0.2) is 13.6 Å². The van der Waals surface area contributed by atoms with Crippen LogP contribution < -0.4 is 5.14 Å². The third-order valence-electron chi connectivity index (χ3n) is 2.77. The van der Waals surface area contributed by atoms with Crippen molar-refractivity contribution in [1.82, 2.24) is 0 Å². The first kappa shape index (κ1) is 9.68. The van der Waals surface area contributed by atoms with Crippen LogP contribution in [0, 0.1) is 0 Å². The molecule has 0 bridgehead atoms. The number of fused-ring (bicyclic) bond motifs is 1. The normalized spacial score (nSPS) is 21.6. The van der Waals surface area contributed by atoms with Crippen molar-refractivity contribution in [3.8, 4) is 0 Å². The Bertz CT molecular complexity index is 439. The maximum Gasteiger partial charge on any atom is 0.212 e. The summed E-state index contributed by atoms with van der Waals surface area (Å²) in [5, 5.41) is 4.75. The Morgan fingerprint density at radius 2 is 1.86 bits per heavy atom. The smallest absolute Gasteiger partial charge is 0.212 e. The van der Waals surface area contributed by atoms with E-state index in [-0.39, 0.29) is 0 Å². The Balaban J connectivity index is 2.30. The van der Waals surface area contributed by atoms with Crippen LogP contribution in [0.2, 0.25) is 0 Å². The van der Waals surface area contributed by atoms with Crippen LogP contribution in [0.15, 0.2) is 24.3 Å². The lowest BCUT2D eigenvalue weighted by Gasteiger charge is -2.22. The molecule has 1 aliphatic carbocycles. The van der Waals surface area contributed by atoms with Gasteiger partial charge in [0.05, 0.1) is 5.25 Å². The molecule has 14 heavy (non-hydrogen) atoms. The van der Waals surface area contributed by atoms with Crippen molar-refractivity contribution < 1.29 is 8.42 Å². The molecule has 0 saturated heterocycles. The number of aryl methyl sites for hydroxylation is 1. The van der Waals surface area contributed by atoms with Gasteiger partial charge in [-0.05, 0) is 30.4 Å². The second-order valence-electron chi connectivity index (χ2n) is 3.72. The van der Waals surface area contributed by atoms with E-state index in [1.807, 2.05) is 18.2 Å². The average Bonchev–Trinajstić information content (AvgIpc) is 2.16. The molecule has 1 atom stereocenters. The summed E-state index contributed by atoms with van der Waals surface area (Å²) in [5.41, 5.74) is 2.38. The second kappa shape index (κ2) is 3.37. The number of primary sulfonamides is 1. The van der Waals surface area contributed by atoms with Gasteiger partial charge in [0.25, 0.3) is 0 Å². The van der Waals surface area contributed by atoms with Gasteiger partial charge in [-0.1, -0.05) is 24.3 Å². The van der Waals surface area contributed by atoms with Gasteiger partial charge in [-0.3, -0.25) is 0 Å². The molecule has 0 aliphatic heterocycles. The molecular formula is C10H13NO2S. The van der Waals surface area contributed by atoms with Gasteiger partial charge in [0, 0.05) is 0 Å². The molecule has 76 valence electrons. The molecule has 3 nitrogen and oxygen atoms in total. The van der Waals surface area contributed by atoms with Gasteiger partial charge >= 0.3 is 0 Å². The van der Waals surface area contributed by atoms with E-state index in [1.54, 1.807) is 0 Å². The van der Waals surface area contributed by atoms with E-state index >= 15 is 0 Å². The van der Waals surface area contributed by atoms with Gasteiger partial charge in [0.15, 0.2) is 0 Å². The first-order valence-electron chi connectivity index (χ1n) is 4.66. The maximum atomic E-state index is 11.2. The van der Waals surface area contributed by atoms with Crippen molar-refractivity contribution in [2.45, 2.75) is 24.5 Å². The predicted octanol–water partition coefficient (Wildman–Crippen LogP) is 0.832. The SMILES string of the molecule is NS(=O)(=O)[C@H]1CCc2ccccc2C1. The molecule has 1 aromatic rings. The molecule has 0 fully saturated rings. The van der Waals surface area contributed by atoms with E-state index in [1.165, 1.54) is 5.56 Å².